The molecule has 4 rings (SSSR count). The highest BCUT2D eigenvalue weighted by Crippen LogP contribution is 2.26. The van der Waals surface area contributed by atoms with Crippen LogP contribution in [0, 0.1) is 0 Å². The van der Waals surface area contributed by atoms with Crippen molar-refractivity contribution < 1.29 is 22.7 Å². The van der Waals surface area contributed by atoms with Crippen LogP contribution in [0.3, 0.4) is 0 Å². The van der Waals surface area contributed by atoms with Crippen molar-refractivity contribution in [2.45, 2.75) is 31.1 Å². The van der Waals surface area contributed by atoms with Crippen LogP contribution in [-0.2, 0) is 19.6 Å². The van der Waals surface area contributed by atoms with E-state index in [1.807, 2.05) is 54.6 Å². The molecule has 1 atom stereocenters. The Kier molecular flexibility index (Phi) is 8.81. The third-order valence-corrected chi connectivity index (χ3v) is 8.67. The van der Waals surface area contributed by atoms with Gasteiger partial charge < -0.3 is 15.0 Å². The highest BCUT2D eigenvalue weighted by molar-refractivity contribution is 7.89. The molecule has 0 radical (unpaired) electrons. The summed E-state index contributed by atoms with van der Waals surface area (Å²) in [6, 6.07) is 23.1. The van der Waals surface area contributed by atoms with Gasteiger partial charge in [0.25, 0.3) is 5.91 Å². The fourth-order valence-electron chi connectivity index (χ4n) is 4.42. The van der Waals surface area contributed by atoms with Gasteiger partial charge in [0.2, 0.25) is 10.0 Å². The number of nitrogens with zero attached hydrogens (tertiary/aromatic N) is 2. The standard InChI is InChI=1S/C29H33N3O5S/c1-3-22(2)26-14-7-8-15-27(26)30-28(33)21-37-29(34)23-10-9-13-25(20-23)38(35,36)32-18-16-31(17-19-32)24-11-5-4-6-12-24/h4-15,20,22H,3,16-19,21H2,1-2H3,(H,30,33)/t22-/m1/s1. The van der Waals surface area contributed by atoms with Crippen molar-refractivity contribution in [2.24, 2.45) is 0 Å². The number of hydrogen-bond donors (Lipinski definition) is 1. The van der Waals surface area contributed by atoms with Crippen LogP contribution in [0.5, 0.6) is 0 Å². The molecule has 0 bridgehead atoms. The van der Waals surface area contributed by atoms with E-state index in [9.17, 15) is 18.0 Å². The average molecular weight is 536 g/mol. The van der Waals surface area contributed by atoms with E-state index in [-0.39, 0.29) is 16.4 Å². The van der Waals surface area contributed by atoms with E-state index >= 15 is 0 Å². The highest BCUT2D eigenvalue weighted by atomic mass is 32.2. The van der Waals surface area contributed by atoms with E-state index in [2.05, 4.69) is 24.1 Å². The van der Waals surface area contributed by atoms with Gasteiger partial charge in [0, 0.05) is 37.6 Å². The van der Waals surface area contributed by atoms with Crippen LogP contribution in [0.4, 0.5) is 11.4 Å². The number of para-hydroxylation sites is 2. The highest BCUT2D eigenvalue weighted by Gasteiger charge is 2.29. The van der Waals surface area contributed by atoms with Gasteiger partial charge >= 0.3 is 5.97 Å². The monoisotopic (exact) mass is 535 g/mol. The zero-order valence-corrected chi connectivity index (χ0v) is 22.5. The lowest BCUT2D eigenvalue weighted by atomic mass is 9.97. The molecule has 1 fully saturated rings. The minimum Gasteiger partial charge on any atom is -0.452 e. The van der Waals surface area contributed by atoms with Crippen LogP contribution >= 0.6 is 0 Å². The Labute approximate surface area is 224 Å². The largest absolute Gasteiger partial charge is 0.452 e. The number of benzene rings is 3. The van der Waals surface area contributed by atoms with E-state index in [4.69, 9.17) is 4.74 Å². The molecule has 1 aliphatic rings. The lowest BCUT2D eigenvalue weighted by Crippen LogP contribution is -2.48. The molecule has 38 heavy (non-hydrogen) atoms. The quantitative estimate of drug-likeness (QED) is 0.405. The fraction of sp³-hybridized carbons (Fsp3) is 0.310. The van der Waals surface area contributed by atoms with E-state index in [0.717, 1.165) is 17.7 Å². The number of nitrogens with one attached hydrogen (secondary N) is 1. The number of sulfonamides is 1. The molecule has 9 heteroatoms. The second kappa shape index (κ2) is 12.2. The molecule has 0 spiro atoms. The summed E-state index contributed by atoms with van der Waals surface area (Å²) in [6.45, 7) is 5.49. The second-order valence-electron chi connectivity index (χ2n) is 9.28. The van der Waals surface area contributed by atoms with Crippen LogP contribution in [0.2, 0.25) is 0 Å². The third kappa shape index (κ3) is 6.41. The summed E-state index contributed by atoms with van der Waals surface area (Å²) < 4.78 is 33.2. The summed E-state index contributed by atoms with van der Waals surface area (Å²) in [5.74, 6) is -0.962. The Hall–Kier alpha value is -3.69. The van der Waals surface area contributed by atoms with E-state index in [1.165, 1.54) is 28.6 Å². The van der Waals surface area contributed by atoms with Crippen LogP contribution in [0.15, 0.2) is 83.8 Å². The predicted molar refractivity (Wildman–Crippen MR) is 148 cm³/mol. The first-order valence-corrected chi connectivity index (χ1v) is 14.2. The molecule has 1 aliphatic heterocycles. The smallest absolute Gasteiger partial charge is 0.338 e. The van der Waals surface area contributed by atoms with Gasteiger partial charge in [0.1, 0.15) is 0 Å². The topological polar surface area (TPSA) is 96.0 Å². The molecule has 3 aromatic rings. The summed E-state index contributed by atoms with van der Waals surface area (Å²) in [4.78, 5) is 27.3. The number of carbonyl (C=O) groups is 2. The van der Waals surface area contributed by atoms with E-state index in [1.54, 1.807) is 0 Å². The van der Waals surface area contributed by atoms with Gasteiger partial charge in [-0.15, -0.1) is 0 Å². The maximum absolute atomic E-state index is 13.3. The number of esters is 1. The molecule has 0 aliphatic carbocycles. The fourth-order valence-corrected chi connectivity index (χ4v) is 5.89. The summed E-state index contributed by atoms with van der Waals surface area (Å²) >= 11 is 0. The number of hydrogen-bond acceptors (Lipinski definition) is 6. The van der Waals surface area contributed by atoms with Crippen LogP contribution in [0.1, 0.15) is 42.1 Å². The van der Waals surface area contributed by atoms with Gasteiger partial charge in [0.15, 0.2) is 6.61 Å². The van der Waals surface area contributed by atoms with Crippen LogP contribution < -0.4 is 10.2 Å². The van der Waals surface area contributed by atoms with Crippen molar-refractivity contribution in [3.8, 4) is 0 Å². The molecule has 200 valence electrons. The second-order valence-corrected chi connectivity index (χ2v) is 11.2. The van der Waals surface area contributed by atoms with Crippen molar-refractivity contribution in [3.63, 3.8) is 0 Å². The van der Waals surface area contributed by atoms with Gasteiger partial charge in [-0.1, -0.05) is 56.3 Å². The van der Waals surface area contributed by atoms with Crippen LogP contribution in [-0.4, -0.2) is 57.4 Å². The van der Waals surface area contributed by atoms with Gasteiger partial charge in [-0.25, -0.2) is 13.2 Å². The Bertz CT molecular complexity index is 1370. The lowest BCUT2D eigenvalue weighted by Gasteiger charge is -2.35. The maximum atomic E-state index is 13.3. The minimum absolute atomic E-state index is 0.0204. The van der Waals surface area contributed by atoms with Gasteiger partial charge in [-0.2, -0.15) is 4.31 Å². The molecule has 0 unspecified atom stereocenters. The molecular formula is C29H33N3O5S. The van der Waals surface area contributed by atoms with Crippen molar-refractivity contribution >= 4 is 33.3 Å². The lowest BCUT2D eigenvalue weighted by molar-refractivity contribution is -0.119. The van der Waals surface area contributed by atoms with Crippen molar-refractivity contribution in [1.29, 1.82) is 0 Å². The molecule has 1 amide bonds. The Morgan fingerprint density at radius 1 is 0.921 bits per heavy atom. The first kappa shape index (κ1) is 27.3. The molecule has 1 N–H and O–H groups in total. The summed E-state index contributed by atoms with van der Waals surface area (Å²) in [5, 5.41) is 2.80. The maximum Gasteiger partial charge on any atom is 0.338 e. The van der Waals surface area contributed by atoms with E-state index in [0.29, 0.717) is 31.9 Å². The molecule has 0 saturated carbocycles. The van der Waals surface area contributed by atoms with Gasteiger partial charge in [-0.05, 0) is 54.3 Å². The number of carbonyl (C=O) groups excluding carboxylic acids is 2. The third-order valence-electron chi connectivity index (χ3n) is 6.78. The van der Waals surface area contributed by atoms with Crippen molar-refractivity contribution in [1.82, 2.24) is 4.31 Å². The van der Waals surface area contributed by atoms with E-state index < -0.39 is 28.5 Å². The predicted octanol–water partition coefficient (Wildman–Crippen LogP) is 4.51. The zero-order valence-electron chi connectivity index (χ0n) is 21.7. The SMILES string of the molecule is CC[C@@H](C)c1ccccc1NC(=O)COC(=O)c1cccc(S(=O)(=O)N2CCN(c3ccccc3)CC2)c1. The molecule has 1 saturated heterocycles. The number of amides is 1. The average Bonchev–Trinajstić information content (AvgIpc) is 2.96. The molecular weight excluding hydrogens is 502 g/mol. The number of ether oxygens (including phenoxy) is 1. The van der Waals surface area contributed by atoms with Crippen molar-refractivity contribution in [3.05, 3.63) is 90.0 Å². The number of anilines is 2. The first-order valence-electron chi connectivity index (χ1n) is 12.8. The zero-order chi connectivity index (χ0) is 27.1. The molecule has 8 nitrogen and oxygen atoms in total. The molecule has 3 aromatic carbocycles. The minimum atomic E-state index is -3.79. The van der Waals surface area contributed by atoms with Crippen molar-refractivity contribution in [2.75, 3.05) is 43.0 Å². The molecule has 1 heterocycles. The summed E-state index contributed by atoms with van der Waals surface area (Å²) in [5.41, 5.74) is 2.82. The van der Waals surface area contributed by atoms with Gasteiger partial charge in [-0.3, -0.25) is 4.79 Å². The van der Waals surface area contributed by atoms with Crippen LogP contribution in [0.25, 0.3) is 0 Å². The normalized spacial score (nSPS) is 15.1. The number of piperazine rings is 1. The summed E-state index contributed by atoms with van der Waals surface area (Å²) in [6.07, 6.45) is 0.920. The molecule has 0 aromatic heterocycles. The Morgan fingerprint density at radius 3 is 2.32 bits per heavy atom. The Balaban J connectivity index is 1.36. The Morgan fingerprint density at radius 2 is 1.61 bits per heavy atom. The first-order chi connectivity index (χ1) is 18.3. The van der Waals surface area contributed by atoms with Gasteiger partial charge in [0.05, 0.1) is 10.5 Å². The number of rotatable bonds is 9. The summed E-state index contributed by atoms with van der Waals surface area (Å²) in [7, 11) is -3.79.